The molecule has 2 aromatic carbocycles. The molecule has 10 heteroatoms. The first-order valence-corrected chi connectivity index (χ1v) is 11.4. The number of aryl methyl sites for hydroxylation is 3. The van der Waals surface area contributed by atoms with Crippen LogP contribution in [0.15, 0.2) is 54.6 Å². The van der Waals surface area contributed by atoms with Crippen molar-refractivity contribution in [1.82, 2.24) is 24.6 Å². The topological polar surface area (TPSA) is 123 Å². The quantitative estimate of drug-likeness (QED) is 0.291. The summed E-state index contributed by atoms with van der Waals surface area (Å²) >= 11 is 0. The minimum atomic E-state index is -1.04. The molecular weight excluding hydrogens is 448 g/mol. The van der Waals surface area contributed by atoms with Crippen molar-refractivity contribution in [3.05, 3.63) is 71.4 Å². The first kappa shape index (κ1) is 23.8. The number of ether oxygens (including phenoxy) is 1. The number of carboxylic acid groups (broad SMARTS) is 1. The minimum absolute atomic E-state index is 0.132. The third kappa shape index (κ3) is 5.60. The molecule has 0 aliphatic heterocycles. The maximum absolute atomic E-state index is 12.1. The Balaban J connectivity index is 1.47. The van der Waals surface area contributed by atoms with Crippen LogP contribution >= 0.6 is 0 Å². The van der Waals surface area contributed by atoms with Crippen LogP contribution in [0.2, 0.25) is 0 Å². The molecule has 1 amide bonds. The molecule has 4 rings (SSSR count). The molecule has 0 atom stereocenters. The van der Waals surface area contributed by atoms with Crippen molar-refractivity contribution in [1.29, 1.82) is 0 Å². The number of hydrogen-bond donors (Lipinski definition) is 3. The van der Waals surface area contributed by atoms with Crippen LogP contribution in [0.5, 0.6) is 0 Å². The Labute approximate surface area is 202 Å². The van der Waals surface area contributed by atoms with E-state index in [0.717, 1.165) is 17.1 Å². The summed E-state index contributed by atoms with van der Waals surface area (Å²) < 4.78 is 8.99. The number of aromatic nitrogens is 4. The summed E-state index contributed by atoms with van der Waals surface area (Å²) in [6, 6.07) is 16.5. The number of carbonyl (C=O) groups is 2. The summed E-state index contributed by atoms with van der Waals surface area (Å²) in [4.78, 5) is 28.4. The summed E-state index contributed by atoms with van der Waals surface area (Å²) in [6.45, 7) is 5.66. The molecule has 10 nitrogen and oxygen atoms in total. The van der Waals surface area contributed by atoms with Gasteiger partial charge in [-0.3, -0.25) is 0 Å². The van der Waals surface area contributed by atoms with Crippen LogP contribution in [-0.4, -0.2) is 43.0 Å². The molecule has 0 saturated carbocycles. The Morgan fingerprint density at radius 2 is 1.91 bits per heavy atom. The molecule has 0 radical (unpaired) electrons. The van der Waals surface area contributed by atoms with Crippen molar-refractivity contribution >= 4 is 34.9 Å². The second-order valence-corrected chi connectivity index (χ2v) is 8.02. The van der Waals surface area contributed by atoms with E-state index in [2.05, 4.69) is 20.7 Å². The van der Waals surface area contributed by atoms with Gasteiger partial charge in [-0.2, -0.15) is 5.10 Å². The normalized spacial score (nSPS) is 10.9. The van der Waals surface area contributed by atoms with Gasteiger partial charge in [0.15, 0.2) is 0 Å². The zero-order chi connectivity index (χ0) is 24.8. The molecule has 4 aromatic rings. The van der Waals surface area contributed by atoms with Crippen molar-refractivity contribution in [3.8, 4) is 0 Å². The molecule has 182 valence electrons. The van der Waals surface area contributed by atoms with Crippen molar-refractivity contribution < 1.29 is 19.4 Å². The standard InChI is InChI=1S/C25H28N6O4/c1-3-31-21(15-17(2)29-31)27-24-28-22-19(23(32)33)11-7-12-20(22)30(24)14-8-13-26-25(34)35-16-18-9-5-4-6-10-18/h4-7,9-12,15H,3,8,13-14,16H2,1-2H3,(H,26,34)(H,27,28)(H,32,33). The number of para-hydroxylation sites is 1. The predicted molar refractivity (Wildman–Crippen MR) is 132 cm³/mol. The van der Waals surface area contributed by atoms with Crippen LogP contribution in [0.3, 0.4) is 0 Å². The van der Waals surface area contributed by atoms with E-state index in [-0.39, 0.29) is 12.2 Å². The molecule has 0 unspecified atom stereocenters. The van der Waals surface area contributed by atoms with Crippen molar-refractivity contribution in [3.63, 3.8) is 0 Å². The molecule has 0 spiro atoms. The molecule has 35 heavy (non-hydrogen) atoms. The Kier molecular flexibility index (Phi) is 7.30. The van der Waals surface area contributed by atoms with Crippen LogP contribution in [-0.2, 0) is 24.4 Å². The first-order valence-electron chi connectivity index (χ1n) is 11.4. The lowest BCUT2D eigenvalue weighted by Crippen LogP contribution is -2.26. The monoisotopic (exact) mass is 476 g/mol. The number of anilines is 2. The van der Waals surface area contributed by atoms with Gasteiger partial charge in [0.25, 0.3) is 0 Å². The third-order valence-electron chi connectivity index (χ3n) is 5.49. The van der Waals surface area contributed by atoms with Crippen molar-refractivity contribution in [2.45, 2.75) is 40.0 Å². The molecule has 3 N–H and O–H groups in total. The molecule has 0 saturated heterocycles. The first-order chi connectivity index (χ1) is 17.0. The molecule has 0 bridgehead atoms. The number of aromatic carboxylic acids is 1. The van der Waals surface area contributed by atoms with Crippen molar-refractivity contribution in [2.24, 2.45) is 0 Å². The van der Waals surface area contributed by atoms with Crippen LogP contribution in [0.4, 0.5) is 16.6 Å². The van der Waals surface area contributed by atoms with E-state index in [1.54, 1.807) is 6.07 Å². The highest BCUT2D eigenvalue weighted by Crippen LogP contribution is 2.26. The number of imidazole rings is 1. The highest BCUT2D eigenvalue weighted by atomic mass is 16.5. The number of nitrogens with one attached hydrogen (secondary N) is 2. The van der Waals surface area contributed by atoms with Crippen LogP contribution in [0.25, 0.3) is 11.0 Å². The molecule has 0 aliphatic rings. The van der Waals surface area contributed by atoms with Gasteiger partial charge in [-0.05, 0) is 38.0 Å². The number of benzene rings is 2. The fourth-order valence-corrected chi connectivity index (χ4v) is 3.84. The summed E-state index contributed by atoms with van der Waals surface area (Å²) in [7, 11) is 0. The van der Waals surface area contributed by atoms with Crippen LogP contribution in [0, 0.1) is 6.92 Å². The number of hydrogen-bond acceptors (Lipinski definition) is 6. The summed E-state index contributed by atoms with van der Waals surface area (Å²) in [6.07, 6.45) is 0.0994. The zero-order valence-corrected chi connectivity index (χ0v) is 19.7. The molecular formula is C25H28N6O4. The summed E-state index contributed by atoms with van der Waals surface area (Å²) in [5.41, 5.74) is 3.00. The van der Waals surface area contributed by atoms with Gasteiger partial charge >= 0.3 is 12.1 Å². The van der Waals surface area contributed by atoms with E-state index in [9.17, 15) is 14.7 Å². The van der Waals surface area contributed by atoms with Gasteiger partial charge in [-0.25, -0.2) is 19.3 Å². The van der Waals surface area contributed by atoms with E-state index in [0.29, 0.717) is 43.0 Å². The smallest absolute Gasteiger partial charge is 0.407 e. The second kappa shape index (κ2) is 10.7. The van der Waals surface area contributed by atoms with E-state index in [1.807, 2.05) is 65.6 Å². The fraction of sp³-hybridized carbons (Fsp3) is 0.280. The Bertz CT molecular complexity index is 1330. The minimum Gasteiger partial charge on any atom is -0.478 e. The highest BCUT2D eigenvalue weighted by molar-refractivity contribution is 6.01. The molecule has 0 fully saturated rings. The van der Waals surface area contributed by atoms with Crippen LogP contribution in [0.1, 0.15) is 35.0 Å². The van der Waals surface area contributed by atoms with Gasteiger partial charge in [0, 0.05) is 25.7 Å². The van der Waals surface area contributed by atoms with Crippen LogP contribution < -0.4 is 10.6 Å². The number of fused-ring (bicyclic) bond motifs is 1. The van der Waals surface area contributed by atoms with Gasteiger partial charge in [0.2, 0.25) is 5.95 Å². The summed E-state index contributed by atoms with van der Waals surface area (Å²) in [5, 5.41) is 20.1. The SMILES string of the molecule is CCn1nc(C)cc1Nc1nc2c(C(=O)O)cccc2n1CCCNC(=O)OCc1ccccc1. The van der Waals surface area contributed by atoms with Gasteiger partial charge in [-0.1, -0.05) is 36.4 Å². The number of rotatable bonds is 10. The Morgan fingerprint density at radius 3 is 2.66 bits per heavy atom. The lowest BCUT2D eigenvalue weighted by Gasteiger charge is -2.12. The average Bonchev–Trinajstić information content (AvgIpc) is 3.39. The maximum atomic E-state index is 12.1. The molecule has 2 aromatic heterocycles. The maximum Gasteiger partial charge on any atom is 0.407 e. The van der Waals surface area contributed by atoms with E-state index < -0.39 is 12.1 Å². The third-order valence-corrected chi connectivity index (χ3v) is 5.49. The van der Waals surface area contributed by atoms with E-state index >= 15 is 0 Å². The van der Waals surface area contributed by atoms with Crippen molar-refractivity contribution in [2.75, 3.05) is 11.9 Å². The van der Waals surface area contributed by atoms with E-state index in [4.69, 9.17) is 4.74 Å². The number of alkyl carbamates (subject to hydrolysis) is 1. The largest absolute Gasteiger partial charge is 0.478 e. The average molecular weight is 477 g/mol. The Hall–Kier alpha value is -4.34. The zero-order valence-electron chi connectivity index (χ0n) is 19.7. The number of carbonyl (C=O) groups excluding carboxylic acids is 1. The number of nitrogens with zero attached hydrogens (tertiary/aromatic N) is 4. The fourth-order valence-electron chi connectivity index (χ4n) is 3.84. The van der Waals surface area contributed by atoms with Gasteiger partial charge < -0.3 is 25.0 Å². The van der Waals surface area contributed by atoms with Gasteiger partial charge in [0.1, 0.15) is 17.9 Å². The van der Waals surface area contributed by atoms with Gasteiger partial charge in [-0.15, -0.1) is 0 Å². The van der Waals surface area contributed by atoms with E-state index in [1.165, 1.54) is 6.07 Å². The molecule has 0 aliphatic carbocycles. The predicted octanol–water partition coefficient (Wildman–Crippen LogP) is 4.32. The lowest BCUT2D eigenvalue weighted by atomic mass is 10.2. The lowest BCUT2D eigenvalue weighted by molar-refractivity contribution is 0.0698. The Morgan fingerprint density at radius 1 is 1.11 bits per heavy atom. The highest BCUT2D eigenvalue weighted by Gasteiger charge is 2.18. The van der Waals surface area contributed by atoms with Gasteiger partial charge in [0.05, 0.1) is 16.8 Å². The second-order valence-electron chi connectivity index (χ2n) is 8.02. The number of carboxylic acids is 1. The molecule has 2 heterocycles. The summed E-state index contributed by atoms with van der Waals surface area (Å²) in [5.74, 6) is 0.236. The number of amides is 1.